The molecule has 2 aliphatic heterocycles. The van der Waals surface area contributed by atoms with Crippen molar-refractivity contribution in [1.82, 2.24) is 5.32 Å². The van der Waals surface area contributed by atoms with Gasteiger partial charge in [-0.1, -0.05) is 12.1 Å². The van der Waals surface area contributed by atoms with Crippen LogP contribution in [0.15, 0.2) is 24.3 Å². The highest BCUT2D eigenvalue weighted by Gasteiger charge is 2.35. The summed E-state index contributed by atoms with van der Waals surface area (Å²) in [5.41, 5.74) is 0.949. The number of halogens is 3. The van der Waals surface area contributed by atoms with Crippen LogP contribution in [0.2, 0.25) is 0 Å². The average Bonchev–Trinajstić information content (AvgIpc) is 2.75. The SMILES string of the molecule is COc1ccc(C2=CC3CCC(C2)N3)cc1C(F)(F)F. The van der Waals surface area contributed by atoms with Crippen molar-refractivity contribution >= 4 is 5.57 Å². The van der Waals surface area contributed by atoms with Crippen LogP contribution in [0.5, 0.6) is 5.75 Å². The second-order valence-electron chi connectivity index (χ2n) is 5.36. The maximum atomic E-state index is 13.0. The molecule has 5 heteroatoms. The minimum absolute atomic E-state index is 0.126. The van der Waals surface area contributed by atoms with Gasteiger partial charge in [0.2, 0.25) is 0 Å². The van der Waals surface area contributed by atoms with Crippen molar-refractivity contribution < 1.29 is 17.9 Å². The van der Waals surface area contributed by atoms with Crippen LogP contribution in [-0.4, -0.2) is 19.2 Å². The summed E-state index contributed by atoms with van der Waals surface area (Å²) in [5.74, 6) is -0.126. The van der Waals surface area contributed by atoms with E-state index in [0.717, 1.165) is 24.8 Å². The van der Waals surface area contributed by atoms with E-state index in [-0.39, 0.29) is 5.75 Å². The molecule has 108 valence electrons. The molecule has 0 saturated carbocycles. The summed E-state index contributed by atoms with van der Waals surface area (Å²) < 4.78 is 43.9. The van der Waals surface area contributed by atoms with Crippen molar-refractivity contribution in [2.45, 2.75) is 37.5 Å². The molecule has 2 nitrogen and oxygen atoms in total. The predicted molar refractivity (Wildman–Crippen MR) is 70.5 cm³/mol. The third kappa shape index (κ3) is 2.42. The van der Waals surface area contributed by atoms with Crippen molar-refractivity contribution in [2.24, 2.45) is 0 Å². The smallest absolute Gasteiger partial charge is 0.419 e. The molecule has 2 aliphatic rings. The van der Waals surface area contributed by atoms with E-state index < -0.39 is 11.7 Å². The minimum Gasteiger partial charge on any atom is -0.496 e. The molecule has 1 fully saturated rings. The van der Waals surface area contributed by atoms with E-state index in [9.17, 15) is 13.2 Å². The molecule has 0 amide bonds. The molecular weight excluding hydrogens is 267 g/mol. The van der Waals surface area contributed by atoms with Crippen LogP contribution >= 0.6 is 0 Å². The number of methoxy groups -OCH3 is 1. The van der Waals surface area contributed by atoms with Crippen LogP contribution < -0.4 is 10.1 Å². The lowest BCUT2D eigenvalue weighted by molar-refractivity contribution is -0.138. The highest BCUT2D eigenvalue weighted by atomic mass is 19.4. The molecule has 0 aromatic heterocycles. The first-order valence-corrected chi connectivity index (χ1v) is 6.70. The molecule has 0 aliphatic carbocycles. The van der Waals surface area contributed by atoms with E-state index in [0.29, 0.717) is 17.6 Å². The maximum Gasteiger partial charge on any atom is 0.419 e. The molecule has 1 aromatic rings. The minimum atomic E-state index is -4.40. The monoisotopic (exact) mass is 283 g/mol. The van der Waals surface area contributed by atoms with E-state index >= 15 is 0 Å². The van der Waals surface area contributed by atoms with Crippen LogP contribution in [0.4, 0.5) is 13.2 Å². The lowest BCUT2D eigenvalue weighted by atomic mass is 9.94. The summed E-state index contributed by atoms with van der Waals surface area (Å²) in [6.07, 6.45) is 0.614. The summed E-state index contributed by atoms with van der Waals surface area (Å²) in [5, 5.41) is 3.43. The van der Waals surface area contributed by atoms with E-state index in [4.69, 9.17) is 4.74 Å². The van der Waals surface area contributed by atoms with Crippen LogP contribution in [0, 0.1) is 0 Å². The second-order valence-corrected chi connectivity index (χ2v) is 5.36. The molecule has 1 saturated heterocycles. The normalized spacial score (nSPS) is 25.5. The Hall–Kier alpha value is -1.49. The van der Waals surface area contributed by atoms with Gasteiger partial charge in [0.1, 0.15) is 5.75 Å². The number of hydrogen-bond acceptors (Lipinski definition) is 2. The molecule has 2 unspecified atom stereocenters. The van der Waals surface area contributed by atoms with Gasteiger partial charge in [-0.2, -0.15) is 13.2 Å². The lowest BCUT2D eigenvalue weighted by Gasteiger charge is -2.22. The third-order valence-electron chi connectivity index (χ3n) is 4.02. The first-order valence-electron chi connectivity index (χ1n) is 6.70. The maximum absolute atomic E-state index is 13.0. The molecule has 1 N–H and O–H groups in total. The van der Waals surface area contributed by atoms with E-state index in [2.05, 4.69) is 11.4 Å². The molecule has 2 bridgehead atoms. The molecule has 0 radical (unpaired) electrons. The first-order chi connectivity index (χ1) is 9.47. The fourth-order valence-electron chi connectivity index (χ4n) is 3.06. The van der Waals surface area contributed by atoms with Crippen molar-refractivity contribution in [1.29, 1.82) is 0 Å². The van der Waals surface area contributed by atoms with Gasteiger partial charge in [0.05, 0.1) is 12.7 Å². The summed E-state index contributed by atoms with van der Waals surface area (Å²) in [7, 11) is 1.26. The predicted octanol–water partition coefficient (Wildman–Crippen LogP) is 3.62. The highest BCUT2D eigenvalue weighted by molar-refractivity contribution is 5.69. The molecule has 0 spiro atoms. The fraction of sp³-hybridized carbons (Fsp3) is 0.467. The molecule has 20 heavy (non-hydrogen) atoms. The van der Waals surface area contributed by atoms with Crippen molar-refractivity contribution in [3.63, 3.8) is 0 Å². The number of fused-ring (bicyclic) bond motifs is 2. The van der Waals surface area contributed by atoms with Crippen LogP contribution in [0.25, 0.3) is 5.57 Å². The Morgan fingerprint density at radius 2 is 2.05 bits per heavy atom. The van der Waals surface area contributed by atoms with E-state index in [1.54, 1.807) is 6.07 Å². The summed E-state index contributed by atoms with van der Waals surface area (Å²) in [6.45, 7) is 0. The van der Waals surface area contributed by atoms with Gasteiger partial charge in [-0.05, 0) is 42.5 Å². The molecule has 3 rings (SSSR count). The highest BCUT2D eigenvalue weighted by Crippen LogP contribution is 2.39. The Labute approximate surface area is 115 Å². The van der Waals surface area contributed by atoms with Gasteiger partial charge in [-0.25, -0.2) is 0 Å². The second kappa shape index (κ2) is 4.81. The number of rotatable bonds is 2. The lowest BCUT2D eigenvalue weighted by Crippen LogP contribution is -2.31. The van der Waals surface area contributed by atoms with Crippen LogP contribution in [0.3, 0.4) is 0 Å². The largest absolute Gasteiger partial charge is 0.496 e. The zero-order valence-corrected chi connectivity index (χ0v) is 11.1. The van der Waals surface area contributed by atoms with Gasteiger partial charge in [-0.3, -0.25) is 0 Å². The Balaban J connectivity index is 1.99. The fourth-order valence-corrected chi connectivity index (χ4v) is 3.06. The van der Waals surface area contributed by atoms with Gasteiger partial charge >= 0.3 is 6.18 Å². The van der Waals surface area contributed by atoms with Gasteiger partial charge in [0, 0.05) is 12.1 Å². The third-order valence-corrected chi connectivity index (χ3v) is 4.02. The van der Waals surface area contributed by atoms with Gasteiger partial charge < -0.3 is 10.1 Å². The van der Waals surface area contributed by atoms with Gasteiger partial charge in [0.15, 0.2) is 0 Å². The summed E-state index contributed by atoms with van der Waals surface area (Å²) in [6, 6.07) is 5.03. The number of hydrogen-bond donors (Lipinski definition) is 1. The number of ether oxygens (including phenoxy) is 1. The van der Waals surface area contributed by atoms with Gasteiger partial charge in [-0.15, -0.1) is 0 Å². The first kappa shape index (κ1) is 13.5. The Morgan fingerprint density at radius 1 is 1.25 bits per heavy atom. The topological polar surface area (TPSA) is 21.3 Å². The van der Waals surface area contributed by atoms with Crippen LogP contribution in [0.1, 0.15) is 30.4 Å². The number of benzene rings is 1. The van der Waals surface area contributed by atoms with Crippen molar-refractivity contribution in [3.8, 4) is 5.75 Å². The van der Waals surface area contributed by atoms with E-state index in [1.165, 1.54) is 19.2 Å². The molecule has 2 atom stereocenters. The van der Waals surface area contributed by atoms with Gasteiger partial charge in [0.25, 0.3) is 0 Å². The van der Waals surface area contributed by atoms with Crippen LogP contribution in [-0.2, 0) is 6.18 Å². The quantitative estimate of drug-likeness (QED) is 0.895. The zero-order chi connectivity index (χ0) is 14.3. The van der Waals surface area contributed by atoms with Crippen molar-refractivity contribution in [2.75, 3.05) is 7.11 Å². The molecular formula is C15H16F3NO. The molecule has 2 heterocycles. The Morgan fingerprint density at radius 3 is 2.70 bits per heavy atom. The Kier molecular flexibility index (Phi) is 3.24. The number of alkyl halides is 3. The Bertz CT molecular complexity index is 551. The summed E-state index contributed by atoms with van der Waals surface area (Å²) >= 11 is 0. The summed E-state index contributed by atoms with van der Waals surface area (Å²) in [4.78, 5) is 0. The number of nitrogens with one attached hydrogen (secondary N) is 1. The van der Waals surface area contributed by atoms with E-state index in [1.807, 2.05) is 0 Å². The standard InChI is InChI=1S/C15H16F3NO/c1-20-14-5-2-9(8-13(14)15(16,17)18)10-6-11-3-4-12(7-10)19-11/h2,5-6,8,11-12,19H,3-4,7H2,1H3. The zero-order valence-electron chi connectivity index (χ0n) is 11.1. The molecule has 1 aromatic carbocycles. The van der Waals surface area contributed by atoms with Crippen molar-refractivity contribution in [3.05, 3.63) is 35.4 Å². The average molecular weight is 283 g/mol.